The molecule has 5 atom stereocenters. The van der Waals surface area contributed by atoms with Crippen LogP contribution in [0.4, 0.5) is 26.7 Å². The fourth-order valence-electron chi connectivity index (χ4n) is 10.8. The number of unbranched alkanes of at least 4 members (excludes halogenated alkanes) is 1. The smallest absolute Gasteiger partial charge is 0.411 e. The largest absolute Gasteiger partial charge is 0.478 e. The zero-order chi connectivity index (χ0) is 67.5. The zero-order valence-corrected chi connectivity index (χ0v) is 54.9. The third kappa shape index (κ3) is 20.1. The van der Waals surface area contributed by atoms with Crippen LogP contribution < -0.4 is 47.9 Å². The molecule has 23 nitrogen and oxygen atoms in total. The molecule has 0 bridgehead atoms. The second kappa shape index (κ2) is 33.0. The molecule has 0 saturated heterocycles. The van der Waals surface area contributed by atoms with Crippen molar-refractivity contribution in [1.82, 2.24) is 31.5 Å². The van der Waals surface area contributed by atoms with Gasteiger partial charge in [0, 0.05) is 61.4 Å². The molecule has 10 N–H and O–H groups in total. The van der Waals surface area contributed by atoms with E-state index in [1.165, 1.54) is 11.8 Å². The zero-order valence-electron chi connectivity index (χ0n) is 54.9. The summed E-state index contributed by atoms with van der Waals surface area (Å²) in [5.41, 5.74) is 10.4. The molecule has 0 aromatic heterocycles. The van der Waals surface area contributed by atoms with E-state index >= 15 is 0 Å². The maximum Gasteiger partial charge on any atom is 0.411 e. The van der Waals surface area contributed by atoms with E-state index in [1.54, 1.807) is 88.4 Å². The van der Waals surface area contributed by atoms with Crippen LogP contribution in [0, 0.1) is 17.3 Å². The number of hydrogen-bond acceptors (Lipinski definition) is 13. The summed E-state index contributed by atoms with van der Waals surface area (Å²) in [5, 5.41) is 38.0. The number of hydrogen-bond donors (Lipinski definition) is 9. The van der Waals surface area contributed by atoms with Gasteiger partial charge in [-0.3, -0.25) is 34.1 Å². The van der Waals surface area contributed by atoms with E-state index in [0.29, 0.717) is 52.3 Å². The fraction of sp³-hybridized carbons (Fsp3) is 0.456. The molecule has 0 unspecified atom stereocenters. The van der Waals surface area contributed by atoms with Gasteiger partial charge in [0.05, 0.1) is 30.0 Å². The Labute approximate surface area is 534 Å². The van der Waals surface area contributed by atoms with Crippen molar-refractivity contribution in [2.24, 2.45) is 33.2 Å². The van der Waals surface area contributed by atoms with Gasteiger partial charge in [-0.15, -0.1) is 0 Å². The lowest BCUT2D eigenvalue weighted by molar-refractivity contribution is -0.141. The van der Waals surface area contributed by atoms with Gasteiger partial charge in [0.15, 0.2) is 0 Å². The summed E-state index contributed by atoms with van der Waals surface area (Å²) in [4.78, 5) is 124. The molecule has 1 aliphatic heterocycles. The molecule has 23 heteroatoms. The second-order valence-electron chi connectivity index (χ2n) is 25.1. The first-order valence-corrected chi connectivity index (χ1v) is 30.6. The average Bonchev–Trinajstić information content (AvgIpc) is 0.907. The van der Waals surface area contributed by atoms with Crippen molar-refractivity contribution in [2.75, 3.05) is 43.2 Å². The SMILES string of the molecule is CN=NC1=C(C)c2ccccc2CN(C(=O)CCC(=O)N[C@H](C(=O)N[C@@H](CCCCNC(N)=O)C(=O)Nc2ccc(COC(=O)Nc3cccc(C(C)(C)[C@H](NC)C(=O)N[C@H](C(=O)N(C)[C@H](/C=C(\C)C(=O)O)C(C)C)C(C)(C)C)c3)cc2)C(C)C)c2ccccc21. The van der Waals surface area contributed by atoms with Crippen molar-refractivity contribution >= 4 is 81.9 Å². The van der Waals surface area contributed by atoms with Gasteiger partial charge in [0.25, 0.3) is 0 Å². The van der Waals surface area contributed by atoms with Gasteiger partial charge in [-0.2, -0.15) is 10.2 Å². The minimum absolute atomic E-state index is 0.0993. The van der Waals surface area contributed by atoms with Crippen LogP contribution >= 0.6 is 0 Å². The Balaban J connectivity index is 1.20. The number of allylic oxidation sites excluding steroid dienone is 1. The first kappa shape index (κ1) is 72.5. The molecule has 0 saturated carbocycles. The van der Waals surface area contributed by atoms with Crippen LogP contribution in [0.2, 0.25) is 0 Å². The topological polar surface area (TPSA) is 325 Å². The van der Waals surface area contributed by atoms with Crippen LogP contribution in [0.5, 0.6) is 0 Å². The minimum Gasteiger partial charge on any atom is -0.478 e. The number of nitrogens with two attached hydrogens (primary N) is 1. The lowest BCUT2D eigenvalue weighted by Gasteiger charge is -2.40. The summed E-state index contributed by atoms with van der Waals surface area (Å²) in [6, 6.07) is 23.4. The summed E-state index contributed by atoms with van der Waals surface area (Å²) < 4.78 is 5.58. The van der Waals surface area contributed by atoms with Crippen LogP contribution in [-0.4, -0.2) is 121 Å². The number of anilines is 3. The van der Waals surface area contributed by atoms with Crippen molar-refractivity contribution in [3.63, 3.8) is 0 Å². The molecule has 1 heterocycles. The lowest BCUT2D eigenvalue weighted by Crippen LogP contribution is -2.61. The van der Waals surface area contributed by atoms with Crippen LogP contribution in [0.25, 0.3) is 11.3 Å². The van der Waals surface area contributed by atoms with Gasteiger partial charge in [-0.1, -0.05) is 135 Å². The summed E-state index contributed by atoms with van der Waals surface area (Å²) >= 11 is 0. The molecule has 4 aromatic carbocycles. The molecular formula is C68H92N12O11. The molecule has 490 valence electrons. The van der Waals surface area contributed by atoms with E-state index < -0.39 is 88.7 Å². The third-order valence-corrected chi connectivity index (χ3v) is 16.1. The lowest BCUT2D eigenvalue weighted by atomic mass is 9.76. The Morgan fingerprint density at radius 3 is 2.03 bits per heavy atom. The number of aliphatic carboxylic acids is 1. The van der Waals surface area contributed by atoms with Gasteiger partial charge < -0.3 is 57.3 Å². The van der Waals surface area contributed by atoms with Gasteiger partial charge >= 0.3 is 18.1 Å². The van der Waals surface area contributed by atoms with E-state index in [1.807, 2.05) is 110 Å². The number of carbonyl (C=O) groups is 9. The Morgan fingerprint density at radius 2 is 1.42 bits per heavy atom. The summed E-state index contributed by atoms with van der Waals surface area (Å²) in [7, 11) is 4.83. The summed E-state index contributed by atoms with van der Waals surface area (Å²) in [5.74, 6) is -4.50. The standard InChI is InChI=1S/C68H92N12O11/c1-40(2)53(36-42(5)64(87)88)79(14)63(86)59(67(7,8)9)77-62(85)58(70-12)68(10,11)46-23-21-24-48(37-46)74-66(90)91-39-44-29-31-47(32-30-44)73-60(83)51(27-19-20-35-72-65(69)89)75-61(84)56(41(3)4)76-54(81)33-34-55(82)80-38-45-22-15-16-25-49(45)43(6)57(78-71-13)50-26-17-18-28-52(50)80/h15-18,21-26,28-32,36-37,40-41,51,53,56,58-59,70H,19-20,27,33-35,38-39H2,1-14H3,(H,73,83)(H,74,90)(H,75,84)(H,76,81)(H,77,85)(H,87,88)(H3,69,72,89)/b42-36+,57-43?,78-71?/t51-,53+,56-,58+,59+/m0/s1. The number of carboxylic acid groups (broad SMARTS) is 1. The number of primary amides is 1. The van der Waals surface area contributed by atoms with E-state index in [0.717, 1.165) is 16.7 Å². The highest BCUT2D eigenvalue weighted by Gasteiger charge is 2.42. The van der Waals surface area contributed by atoms with Crippen molar-refractivity contribution in [1.29, 1.82) is 0 Å². The predicted octanol–water partition coefficient (Wildman–Crippen LogP) is 9.05. The molecule has 0 radical (unpaired) electrons. The van der Waals surface area contributed by atoms with Crippen molar-refractivity contribution < 1.29 is 53.0 Å². The molecule has 91 heavy (non-hydrogen) atoms. The molecule has 5 rings (SSSR count). The van der Waals surface area contributed by atoms with Crippen molar-refractivity contribution in [2.45, 2.75) is 157 Å². The average molecular weight is 1250 g/mol. The number of ether oxygens (including phenoxy) is 1. The highest BCUT2D eigenvalue weighted by molar-refractivity contribution is 6.03. The molecule has 0 aliphatic carbocycles. The van der Waals surface area contributed by atoms with E-state index in [-0.39, 0.29) is 62.3 Å². The van der Waals surface area contributed by atoms with Crippen LogP contribution in [0.1, 0.15) is 136 Å². The summed E-state index contributed by atoms with van der Waals surface area (Å²) in [6.45, 7) is 20.3. The first-order valence-electron chi connectivity index (χ1n) is 30.6. The first-order chi connectivity index (χ1) is 42.9. The van der Waals surface area contributed by atoms with E-state index in [4.69, 9.17) is 10.5 Å². The molecule has 4 aromatic rings. The Morgan fingerprint density at radius 1 is 0.758 bits per heavy atom. The van der Waals surface area contributed by atoms with Crippen LogP contribution in [0.3, 0.4) is 0 Å². The Bertz CT molecular complexity index is 3370. The predicted molar refractivity (Wildman–Crippen MR) is 352 cm³/mol. The number of amides is 9. The molecule has 9 amide bonds. The number of urea groups is 1. The second-order valence-corrected chi connectivity index (χ2v) is 25.1. The number of fused-ring (bicyclic) bond motifs is 2. The number of likely N-dealkylation sites (N-methyl/N-ethyl adjacent to an activating group) is 2. The number of benzene rings is 4. The van der Waals surface area contributed by atoms with Gasteiger partial charge in [-0.25, -0.2) is 14.4 Å². The number of azo groups is 1. The highest BCUT2D eigenvalue weighted by atomic mass is 16.5. The quantitative estimate of drug-likeness (QED) is 0.0146. The third-order valence-electron chi connectivity index (χ3n) is 16.1. The van der Waals surface area contributed by atoms with Gasteiger partial charge in [-0.05, 0) is 116 Å². The minimum atomic E-state index is -1.09. The van der Waals surface area contributed by atoms with Crippen LogP contribution in [-0.2, 0) is 56.9 Å². The molecule has 0 spiro atoms. The molecule has 1 aliphatic rings. The van der Waals surface area contributed by atoms with Crippen LogP contribution in [0.15, 0.2) is 119 Å². The maximum atomic E-state index is 14.3. The van der Waals surface area contributed by atoms with E-state index in [9.17, 15) is 48.3 Å². The number of carboxylic acids is 1. The van der Waals surface area contributed by atoms with E-state index in [2.05, 4.69) is 47.4 Å². The van der Waals surface area contributed by atoms with Crippen molar-refractivity contribution in [3.8, 4) is 0 Å². The number of para-hydroxylation sites is 1. The number of carbonyl (C=O) groups excluding carboxylic acids is 8. The highest BCUT2D eigenvalue weighted by Crippen LogP contribution is 2.39. The number of nitrogens with zero attached hydrogens (tertiary/aromatic N) is 4. The Kier molecular flexibility index (Phi) is 26.3. The van der Waals surface area contributed by atoms with Gasteiger partial charge in [0.2, 0.25) is 35.4 Å². The maximum absolute atomic E-state index is 14.3. The molecular weight excluding hydrogens is 1160 g/mol. The normalized spacial score (nSPS) is 14.3. The monoisotopic (exact) mass is 1250 g/mol. The molecule has 0 fully saturated rings. The number of rotatable bonds is 28. The fourth-order valence-corrected chi connectivity index (χ4v) is 10.8. The number of nitrogens with one attached hydrogen (secondary N) is 7. The van der Waals surface area contributed by atoms with Crippen molar-refractivity contribution in [3.05, 3.63) is 137 Å². The Hall–Kier alpha value is -9.25. The van der Waals surface area contributed by atoms with Gasteiger partial charge in [0.1, 0.15) is 24.7 Å². The summed E-state index contributed by atoms with van der Waals surface area (Å²) in [6.07, 6.45) is 1.37.